The van der Waals surface area contributed by atoms with Crippen molar-refractivity contribution in [2.45, 2.75) is 5.92 Å². The highest BCUT2D eigenvalue weighted by Gasteiger charge is 2.27. The highest BCUT2D eigenvalue weighted by molar-refractivity contribution is 7.10. The maximum absolute atomic E-state index is 11.2. The van der Waals surface area contributed by atoms with E-state index in [4.69, 9.17) is 11.5 Å². The van der Waals surface area contributed by atoms with E-state index in [1.165, 1.54) is 12.1 Å². The van der Waals surface area contributed by atoms with E-state index in [0.717, 1.165) is 17.4 Å². The van der Waals surface area contributed by atoms with Crippen molar-refractivity contribution < 1.29 is 19.8 Å². The molecule has 2 aromatic rings. The molecular formula is C12H11N3O4S. The molecule has 0 bridgehead atoms. The molecule has 0 radical (unpaired) electrons. The molecule has 0 aliphatic heterocycles. The first-order valence-electron chi connectivity index (χ1n) is 5.46. The zero-order valence-electron chi connectivity index (χ0n) is 10.1. The second kappa shape index (κ2) is 5.17. The fourth-order valence-electron chi connectivity index (χ4n) is 1.66. The number of nitrogens with zero attached hydrogens (tertiary/aromatic N) is 1. The number of hydrogen-bond donors (Lipinski definition) is 4. The summed E-state index contributed by atoms with van der Waals surface area (Å²) >= 11 is 1.04. The van der Waals surface area contributed by atoms with Gasteiger partial charge >= 0.3 is 0 Å². The van der Waals surface area contributed by atoms with Gasteiger partial charge in [-0.15, -0.1) is 11.3 Å². The van der Waals surface area contributed by atoms with Crippen molar-refractivity contribution in [1.29, 1.82) is 0 Å². The molecule has 6 N–H and O–H groups in total. The fraction of sp³-hybridized carbons (Fsp3) is 0.0833. The number of carbonyl (C=O) groups excluding carboxylic acids is 2. The third-order valence-corrected chi connectivity index (χ3v) is 3.50. The van der Waals surface area contributed by atoms with Gasteiger partial charge in [0.1, 0.15) is 16.5 Å². The van der Waals surface area contributed by atoms with Crippen molar-refractivity contribution >= 4 is 23.2 Å². The molecule has 104 valence electrons. The Kier molecular flexibility index (Phi) is 3.57. The summed E-state index contributed by atoms with van der Waals surface area (Å²) in [6.45, 7) is 0. The Labute approximate surface area is 117 Å². The van der Waals surface area contributed by atoms with E-state index in [-0.39, 0.29) is 16.5 Å². The van der Waals surface area contributed by atoms with Crippen LogP contribution in [0.5, 0.6) is 11.5 Å². The smallest absolute Gasteiger partial charge is 0.237 e. The van der Waals surface area contributed by atoms with Gasteiger partial charge in [-0.1, -0.05) is 0 Å². The van der Waals surface area contributed by atoms with Crippen molar-refractivity contribution in [3.05, 3.63) is 28.6 Å². The molecule has 2 rings (SSSR count). The standard InChI is InChI=1S/C12H11N3O4S/c13-10(18)9(11(14)19)12-15-7(4-20-12)6-2-1-5(16)3-8(6)17/h1-4,9,16-17H,(H2,13,18)(H2,14,19). The van der Waals surface area contributed by atoms with Crippen LogP contribution in [0.25, 0.3) is 11.3 Å². The number of aromatic hydroxyl groups is 2. The van der Waals surface area contributed by atoms with Crippen molar-refractivity contribution in [2.75, 3.05) is 0 Å². The molecule has 7 nitrogen and oxygen atoms in total. The normalized spacial score (nSPS) is 10.7. The van der Waals surface area contributed by atoms with Crippen LogP contribution in [0.1, 0.15) is 10.9 Å². The van der Waals surface area contributed by atoms with E-state index in [2.05, 4.69) is 4.98 Å². The molecule has 1 aromatic carbocycles. The van der Waals surface area contributed by atoms with Crippen LogP contribution in [0.4, 0.5) is 0 Å². The van der Waals surface area contributed by atoms with Gasteiger partial charge in [-0.05, 0) is 12.1 Å². The van der Waals surface area contributed by atoms with E-state index in [1.807, 2.05) is 0 Å². The number of carbonyl (C=O) groups is 2. The number of primary amides is 2. The lowest BCUT2D eigenvalue weighted by molar-refractivity contribution is -0.128. The van der Waals surface area contributed by atoms with Crippen LogP contribution in [0, 0.1) is 0 Å². The Morgan fingerprint density at radius 2 is 1.85 bits per heavy atom. The van der Waals surface area contributed by atoms with Crippen LogP contribution in [0.3, 0.4) is 0 Å². The number of nitrogens with two attached hydrogens (primary N) is 2. The van der Waals surface area contributed by atoms with Gasteiger partial charge in [0.2, 0.25) is 11.8 Å². The molecule has 0 atom stereocenters. The summed E-state index contributed by atoms with van der Waals surface area (Å²) in [6.07, 6.45) is 0. The Bertz CT molecular complexity index is 669. The van der Waals surface area contributed by atoms with Crippen molar-refractivity contribution in [2.24, 2.45) is 11.5 Å². The van der Waals surface area contributed by atoms with Crippen LogP contribution in [0.15, 0.2) is 23.6 Å². The lowest BCUT2D eigenvalue weighted by Crippen LogP contribution is -2.32. The minimum atomic E-state index is -1.30. The summed E-state index contributed by atoms with van der Waals surface area (Å²) in [5.74, 6) is -3.32. The number of thiazole rings is 1. The van der Waals surface area contributed by atoms with E-state index in [9.17, 15) is 19.8 Å². The molecule has 1 heterocycles. The molecule has 1 aromatic heterocycles. The minimum Gasteiger partial charge on any atom is -0.508 e. The molecular weight excluding hydrogens is 282 g/mol. The van der Waals surface area contributed by atoms with Gasteiger partial charge in [-0.3, -0.25) is 9.59 Å². The highest BCUT2D eigenvalue weighted by Crippen LogP contribution is 2.34. The maximum atomic E-state index is 11.2. The number of amides is 2. The monoisotopic (exact) mass is 293 g/mol. The number of benzene rings is 1. The number of phenolic OH excluding ortho intramolecular Hbond substituents is 2. The fourth-order valence-corrected chi connectivity index (χ4v) is 2.60. The molecule has 0 spiro atoms. The van der Waals surface area contributed by atoms with Gasteiger partial charge in [0, 0.05) is 17.0 Å². The molecule has 0 aliphatic rings. The highest BCUT2D eigenvalue weighted by atomic mass is 32.1. The molecule has 0 saturated heterocycles. The van der Waals surface area contributed by atoms with Crippen LogP contribution in [0.2, 0.25) is 0 Å². The molecule has 8 heteroatoms. The predicted molar refractivity (Wildman–Crippen MR) is 72.0 cm³/mol. The van der Waals surface area contributed by atoms with Crippen LogP contribution >= 0.6 is 11.3 Å². The first-order chi connectivity index (χ1) is 9.40. The van der Waals surface area contributed by atoms with Crippen molar-refractivity contribution in [1.82, 2.24) is 4.98 Å². The predicted octanol–water partition coefficient (Wildman–Crippen LogP) is 0.276. The summed E-state index contributed by atoms with van der Waals surface area (Å²) in [7, 11) is 0. The van der Waals surface area contributed by atoms with Gasteiger partial charge in [-0.2, -0.15) is 0 Å². The van der Waals surface area contributed by atoms with E-state index >= 15 is 0 Å². The SMILES string of the molecule is NC(=O)C(C(N)=O)c1nc(-c2ccc(O)cc2O)cs1. The minimum absolute atomic E-state index is 0.0890. The third-order valence-electron chi connectivity index (χ3n) is 2.60. The van der Waals surface area contributed by atoms with Gasteiger partial charge in [0.15, 0.2) is 5.92 Å². The second-order valence-corrected chi connectivity index (χ2v) is 4.90. The first kappa shape index (κ1) is 13.8. The molecule has 2 amide bonds. The van der Waals surface area contributed by atoms with Crippen LogP contribution in [-0.4, -0.2) is 27.0 Å². The quantitative estimate of drug-likeness (QED) is 0.599. The Morgan fingerprint density at radius 1 is 1.20 bits per heavy atom. The summed E-state index contributed by atoms with van der Waals surface area (Å²) in [5.41, 5.74) is 10.9. The zero-order valence-corrected chi connectivity index (χ0v) is 10.9. The van der Waals surface area contributed by atoms with E-state index < -0.39 is 17.7 Å². The number of rotatable bonds is 4. The molecule has 0 fully saturated rings. The summed E-state index contributed by atoms with van der Waals surface area (Å²) < 4.78 is 0. The average molecular weight is 293 g/mol. The number of aromatic nitrogens is 1. The Balaban J connectivity index is 2.42. The first-order valence-corrected chi connectivity index (χ1v) is 6.34. The van der Waals surface area contributed by atoms with E-state index in [0.29, 0.717) is 11.3 Å². The zero-order chi connectivity index (χ0) is 14.9. The van der Waals surface area contributed by atoms with E-state index in [1.54, 1.807) is 5.38 Å². The Morgan fingerprint density at radius 3 is 2.40 bits per heavy atom. The molecule has 0 unspecified atom stereocenters. The van der Waals surface area contributed by atoms with Crippen LogP contribution in [-0.2, 0) is 9.59 Å². The van der Waals surface area contributed by atoms with Crippen molar-refractivity contribution in [3.63, 3.8) is 0 Å². The van der Waals surface area contributed by atoms with Gasteiger partial charge in [0.25, 0.3) is 0 Å². The lowest BCUT2D eigenvalue weighted by Gasteiger charge is -2.05. The third kappa shape index (κ3) is 2.54. The summed E-state index contributed by atoms with van der Waals surface area (Å²) in [6, 6.07) is 4.01. The number of hydrogen-bond acceptors (Lipinski definition) is 6. The van der Waals surface area contributed by atoms with Gasteiger partial charge in [-0.25, -0.2) is 4.98 Å². The molecule has 20 heavy (non-hydrogen) atoms. The van der Waals surface area contributed by atoms with Crippen molar-refractivity contribution in [3.8, 4) is 22.8 Å². The largest absolute Gasteiger partial charge is 0.508 e. The topological polar surface area (TPSA) is 140 Å². The second-order valence-electron chi connectivity index (χ2n) is 4.01. The summed E-state index contributed by atoms with van der Waals surface area (Å²) in [4.78, 5) is 26.5. The average Bonchev–Trinajstić information content (AvgIpc) is 2.76. The maximum Gasteiger partial charge on any atom is 0.237 e. The molecule has 0 aliphatic carbocycles. The van der Waals surface area contributed by atoms with Gasteiger partial charge in [0.05, 0.1) is 5.69 Å². The lowest BCUT2D eigenvalue weighted by atomic mass is 10.1. The number of phenols is 2. The summed E-state index contributed by atoms with van der Waals surface area (Å²) in [5, 5.41) is 20.7. The Hall–Kier alpha value is -2.61. The molecule has 0 saturated carbocycles. The van der Waals surface area contributed by atoms with Crippen LogP contribution < -0.4 is 11.5 Å². The van der Waals surface area contributed by atoms with Gasteiger partial charge < -0.3 is 21.7 Å².